The Morgan fingerprint density at radius 1 is 1.00 bits per heavy atom. The zero-order chi connectivity index (χ0) is 33.3. The molecule has 11 heteroatoms. The van der Waals surface area contributed by atoms with Crippen LogP contribution in [0.25, 0.3) is 11.1 Å². The Kier molecular flexibility index (Phi) is 8.96. The molecule has 0 aliphatic carbocycles. The van der Waals surface area contributed by atoms with Crippen molar-refractivity contribution in [1.29, 1.82) is 0 Å². The largest absolute Gasteiger partial charge is 0.491 e. The van der Waals surface area contributed by atoms with Crippen LogP contribution < -0.4 is 10.4 Å². The van der Waals surface area contributed by atoms with Gasteiger partial charge in [-0.05, 0) is 92.8 Å². The number of ketones is 1. The fourth-order valence-corrected chi connectivity index (χ4v) is 5.48. The second-order valence-corrected chi connectivity index (χ2v) is 12.3. The predicted octanol–water partition coefficient (Wildman–Crippen LogP) is 6.18. The first-order valence-electron chi connectivity index (χ1n) is 14.7. The smallest absolute Gasteiger partial charge is 0.437 e. The van der Waals surface area contributed by atoms with E-state index in [9.17, 15) is 23.2 Å². The zero-order valence-electron chi connectivity index (χ0n) is 26.5. The van der Waals surface area contributed by atoms with Crippen LogP contribution in [0.1, 0.15) is 58.2 Å². The summed E-state index contributed by atoms with van der Waals surface area (Å²) in [7, 11) is 2.92. The lowest BCUT2D eigenvalue weighted by molar-refractivity contribution is 0.0584. The number of carbonyl (C=O) groups excluding carboxylic acids is 3. The number of methoxy groups -OCH3 is 1. The van der Waals surface area contributed by atoms with Crippen molar-refractivity contribution < 1.29 is 37.4 Å². The third-order valence-corrected chi connectivity index (χ3v) is 7.59. The number of aryl methyl sites for hydroxylation is 2. The molecule has 0 fully saturated rings. The number of Topliss-reactive ketones (excluding diaryl/α,β-unsaturated/α-hetero) is 1. The highest BCUT2D eigenvalue weighted by Gasteiger charge is 2.32. The fourth-order valence-electron chi connectivity index (χ4n) is 5.48. The molecule has 2 heterocycles. The third kappa shape index (κ3) is 6.93. The van der Waals surface area contributed by atoms with Crippen LogP contribution in [0, 0.1) is 24.5 Å². The monoisotopic (exact) mass is 631 g/mol. The lowest BCUT2D eigenvalue weighted by atomic mass is 9.85. The van der Waals surface area contributed by atoms with Crippen LogP contribution >= 0.6 is 0 Å². The van der Waals surface area contributed by atoms with Gasteiger partial charge in [0.05, 0.1) is 37.3 Å². The summed E-state index contributed by atoms with van der Waals surface area (Å²) in [4.78, 5) is 42.8. The Balaban J connectivity index is 1.56. The first-order chi connectivity index (χ1) is 21.7. The van der Waals surface area contributed by atoms with Crippen LogP contribution in [0.2, 0.25) is 0 Å². The number of carbonyl (C=O) groups is 3. The summed E-state index contributed by atoms with van der Waals surface area (Å²) in [6, 6.07) is 12.1. The minimum atomic E-state index is -0.809. The molecule has 1 aliphatic heterocycles. The van der Waals surface area contributed by atoms with E-state index in [4.69, 9.17) is 9.47 Å². The van der Waals surface area contributed by atoms with Gasteiger partial charge < -0.3 is 23.3 Å². The highest BCUT2D eigenvalue weighted by Crippen LogP contribution is 2.41. The van der Waals surface area contributed by atoms with Gasteiger partial charge in [-0.1, -0.05) is 12.1 Å². The summed E-state index contributed by atoms with van der Waals surface area (Å²) in [6.45, 7) is 7.34. The van der Waals surface area contributed by atoms with Crippen molar-refractivity contribution in [2.45, 2.75) is 46.3 Å². The maximum atomic E-state index is 14.3. The number of hydrogen-bond acceptors (Lipinski definition) is 6. The lowest BCUT2D eigenvalue weighted by Gasteiger charge is -2.27. The Morgan fingerprint density at radius 2 is 1.74 bits per heavy atom. The summed E-state index contributed by atoms with van der Waals surface area (Å²) in [5.74, 6) is -2.34. The summed E-state index contributed by atoms with van der Waals surface area (Å²) >= 11 is 0. The highest BCUT2D eigenvalue weighted by molar-refractivity contribution is 6.04. The van der Waals surface area contributed by atoms with Gasteiger partial charge in [0.2, 0.25) is 5.62 Å². The zero-order valence-corrected chi connectivity index (χ0v) is 26.5. The van der Waals surface area contributed by atoms with Crippen molar-refractivity contribution in [3.8, 4) is 16.9 Å². The number of imidazole rings is 1. The van der Waals surface area contributed by atoms with Crippen LogP contribution in [0.15, 0.2) is 65.9 Å². The molecule has 1 aromatic heterocycles. The lowest BCUT2D eigenvalue weighted by Crippen LogP contribution is -2.31. The predicted molar refractivity (Wildman–Crippen MR) is 166 cm³/mol. The summed E-state index contributed by atoms with van der Waals surface area (Å²) < 4.78 is 48.1. The number of aromatic nitrogens is 2. The SMILES string of the molecule is COC(=O)c1cc(C[C@H]2COc3c(cc(Cn4ccn(C)/c4=N\C(=O)OC(C)(C)C)cc3-c3ccc(F)cc3C)C2=O)ccc1F. The molecule has 0 saturated carbocycles. The molecule has 46 heavy (non-hydrogen) atoms. The molecule has 1 amide bonds. The number of nitrogens with zero attached hydrogens (tertiary/aromatic N) is 3. The van der Waals surface area contributed by atoms with E-state index in [2.05, 4.69) is 9.73 Å². The van der Waals surface area contributed by atoms with Crippen molar-refractivity contribution in [3.05, 3.63) is 106 Å². The van der Waals surface area contributed by atoms with Gasteiger partial charge in [-0.15, -0.1) is 4.99 Å². The van der Waals surface area contributed by atoms with Crippen LogP contribution in [0.4, 0.5) is 13.6 Å². The average molecular weight is 632 g/mol. The van der Waals surface area contributed by atoms with Crippen LogP contribution in [-0.4, -0.2) is 46.3 Å². The number of amides is 1. The molecule has 240 valence electrons. The molecule has 3 aromatic carbocycles. The standard InChI is InChI=1S/C35H35F2N3O6/c1-20-13-24(36)8-9-25(20)26-16-22(18-40-12-11-39(5)33(40)38-34(43)46-35(2,3)4)17-28-30(41)23(19-45-31(26)28)14-21-7-10-29(37)27(15-21)32(42)44-6/h7-13,15-17,23H,14,18-19H2,1-6H3/b38-33+/t23-/m0/s1. The minimum Gasteiger partial charge on any atom is -0.491 e. The van der Waals surface area contributed by atoms with Crippen molar-refractivity contribution in [1.82, 2.24) is 9.13 Å². The molecule has 0 radical (unpaired) electrons. The Bertz CT molecular complexity index is 1920. The molecule has 0 spiro atoms. The number of benzene rings is 3. The number of esters is 1. The van der Waals surface area contributed by atoms with Gasteiger partial charge in [0.15, 0.2) is 5.78 Å². The van der Waals surface area contributed by atoms with Crippen LogP contribution in [0.3, 0.4) is 0 Å². The van der Waals surface area contributed by atoms with Gasteiger partial charge >= 0.3 is 12.1 Å². The second-order valence-electron chi connectivity index (χ2n) is 12.3. The quantitative estimate of drug-likeness (QED) is 0.236. The molecule has 1 aliphatic rings. The molecule has 0 unspecified atom stereocenters. The third-order valence-electron chi connectivity index (χ3n) is 7.59. The van der Waals surface area contributed by atoms with Crippen molar-refractivity contribution in [2.75, 3.05) is 13.7 Å². The first-order valence-corrected chi connectivity index (χ1v) is 14.7. The molecule has 5 rings (SSSR count). The van der Waals surface area contributed by atoms with Gasteiger partial charge in [-0.25, -0.2) is 18.4 Å². The normalized spacial score (nSPS) is 14.9. The Morgan fingerprint density at radius 3 is 2.43 bits per heavy atom. The van der Waals surface area contributed by atoms with Gasteiger partial charge in [-0.3, -0.25) is 4.79 Å². The maximum Gasteiger partial charge on any atom is 0.437 e. The molecule has 0 N–H and O–H groups in total. The maximum absolute atomic E-state index is 14.3. The number of ether oxygens (including phenoxy) is 3. The molecular formula is C35H35F2N3O6. The summed E-state index contributed by atoms with van der Waals surface area (Å²) in [6.07, 6.45) is 2.98. The van der Waals surface area contributed by atoms with E-state index < -0.39 is 29.4 Å². The van der Waals surface area contributed by atoms with Gasteiger partial charge in [0, 0.05) is 25.0 Å². The molecule has 1 atom stereocenters. The van der Waals surface area contributed by atoms with E-state index in [1.807, 2.05) is 6.07 Å². The Labute approximate surface area is 265 Å². The van der Waals surface area contributed by atoms with E-state index in [-0.39, 0.29) is 36.7 Å². The highest BCUT2D eigenvalue weighted by atomic mass is 19.1. The Hall–Kier alpha value is -5.06. The van der Waals surface area contributed by atoms with E-state index in [0.717, 1.165) is 0 Å². The topological polar surface area (TPSA) is 101 Å². The van der Waals surface area contributed by atoms with Crippen LogP contribution in [-0.2, 0) is 29.5 Å². The molecule has 4 aromatic rings. The van der Waals surface area contributed by atoms with Crippen LogP contribution in [0.5, 0.6) is 5.75 Å². The van der Waals surface area contributed by atoms with Gasteiger partial charge in [0.1, 0.15) is 23.0 Å². The second kappa shape index (κ2) is 12.7. The number of hydrogen-bond donors (Lipinski definition) is 0. The van der Waals surface area contributed by atoms with Crippen molar-refractivity contribution in [2.24, 2.45) is 18.0 Å². The summed E-state index contributed by atoms with van der Waals surface area (Å²) in [5.41, 5.74) is 3.00. The number of rotatable bonds is 6. The van der Waals surface area contributed by atoms with E-state index >= 15 is 0 Å². The molecular weight excluding hydrogens is 596 g/mol. The number of halogens is 2. The van der Waals surface area contributed by atoms with Crippen molar-refractivity contribution in [3.63, 3.8) is 0 Å². The summed E-state index contributed by atoms with van der Waals surface area (Å²) in [5, 5.41) is 0. The minimum absolute atomic E-state index is 0.0513. The fraction of sp³-hybridized carbons (Fsp3) is 0.314. The van der Waals surface area contributed by atoms with E-state index in [1.165, 1.54) is 37.4 Å². The molecule has 9 nitrogen and oxygen atoms in total. The van der Waals surface area contributed by atoms with Gasteiger partial charge in [-0.2, -0.15) is 0 Å². The van der Waals surface area contributed by atoms with Crippen molar-refractivity contribution >= 4 is 17.8 Å². The molecule has 0 saturated heterocycles. The van der Waals surface area contributed by atoms with Gasteiger partial charge in [0.25, 0.3) is 0 Å². The molecule has 0 bridgehead atoms. The van der Waals surface area contributed by atoms with E-state index in [0.29, 0.717) is 44.7 Å². The van der Waals surface area contributed by atoms with E-state index in [1.54, 1.807) is 68.4 Å². The first kappa shape index (κ1) is 32.3. The number of fused-ring (bicyclic) bond motifs is 1. The average Bonchev–Trinajstić information content (AvgIpc) is 3.31.